The second kappa shape index (κ2) is 7.90. The van der Waals surface area contributed by atoms with Crippen molar-refractivity contribution in [2.75, 3.05) is 10.6 Å². The normalized spacial score (nSPS) is 15.5. The summed E-state index contributed by atoms with van der Waals surface area (Å²) in [5.41, 5.74) is 4.24. The van der Waals surface area contributed by atoms with E-state index in [9.17, 15) is 9.59 Å². The lowest BCUT2D eigenvalue weighted by Gasteiger charge is -2.21. The Balaban J connectivity index is 1.55. The molecular formula is C23H20N2O2S. The summed E-state index contributed by atoms with van der Waals surface area (Å²) in [6.07, 6.45) is 0.742. The van der Waals surface area contributed by atoms with Gasteiger partial charge in [-0.2, -0.15) is 0 Å². The highest BCUT2D eigenvalue weighted by molar-refractivity contribution is 8.00. The summed E-state index contributed by atoms with van der Waals surface area (Å²) < 4.78 is 0. The predicted molar refractivity (Wildman–Crippen MR) is 114 cm³/mol. The standard InChI is InChI=1S/C23H20N2O2S/c1-15-22(26)25-20-14-18(11-12-21(20)28-15)23(27)24-19-10-6-5-9-17(19)13-16-7-3-2-4-8-16/h2-12,14-15H,13H2,1H3,(H,24,27)(H,25,26). The number of benzene rings is 3. The van der Waals surface area contributed by atoms with E-state index in [0.717, 1.165) is 22.6 Å². The molecule has 0 bridgehead atoms. The van der Waals surface area contributed by atoms with E-state index in [4.69, 9.17) is 0 Å². The van der Waals surface area contributed by atoms with Crippen LogP contribution in [0.2, 0.25) is 0 Å². The number of para-hydroxylation sites is 1. The van der Waals surface area contributed by atoms with Crippen molar-refractivity contribution < 1.29 is 9.59 Å². The average Bonchev–Trinajstić information content (AvgIpc) is 2.71. The molecule has 1 aliphatic heterocycles. The molecule has 2 amide bonds. The quantitative estimate of drug-likeness (QED) is 0.664. The van der Waals surface area contributed by atoms with Crippen molar-refractivity contribution in [2.24, 2.45) is 0 Å². The Morgan fingerprint density at radius 1 is 1.04 bits per heavy atom. The van der Waals surface area contributed by atoms with Crippen molar-refractivity contribution in [3.05, 3.63) is 89.5 Å². The van der Waals surface area contributed by atoms with E-state index in [0.29, 0.717) is 11.3 Å². The Kier molecular flexibility index (Phi) is 5.17. The maximum atomic E-state index is 12.8. The number of fused-ring (bicyclic) bond motifs is 1. The van der Waals surface area contributed by atoms with E-state index >= 15 is 0 Å². The molecule has 140 valence electrons. The number of rotatable bonds is 4. The van der Waals surface area contributed by atoms with E-state index in [1.165, 1.54) is 17.3 Å². The smallest absolute Gasteiger partial charge is 0.255 e. The van der Waals surface area contributed by atoms with Gasteiger partial charge in [0.15, 0.2) is 0 Å². The molecule has 3 aromatic rings. The second-order valence-corrected chi connectivity index (χ2v) is 8.12. The maximum absolute atomic E-state index is 12.8. The van der Waals surface area contributed by atoms with Gasteiger partial charge in [0.05, 0.1) is 10.9 Å². The first-order valence-electron chi connectivity index (χ1n) is 9.15. The number of thioether (sulfide) groups is 1. The van der Waals surface area contributed by atoms with Crippen molar-refractivity contribution in [3.8, 4) is 0 Å². The third kappa shape index (κ3) is 3.94. The Morgan fingerprint density at radius 3 is 2.61 bits per heavy atom. The van der Waals surface area contributed by atoms with Crippen LogP contribution in [0.25, 0.3) is 0 Å². The lowest BCUT2D eigenvalue weighted by Crippen LogP contribution is -2.26. The SMILES string of the molecule is CC1Sc2ccc(C(=O)Nc3ccccc3Cc3ccccc3)cc2NC1=O. The number of carbonyl (C=O) groups is 2. The molecule has 0 saturated carbocycles. The first-order valence-corrected chi connectivity index (χ1v) is 10.0. The van der Waals surface area contributed by atoms with Crippen LogP contribution >= 0.6 is 11.8 Å². The van der Waals surface area contributed by atoms with E-state index in [-0.39, 0.29) is 17.1 Å². The molecule has 0 spiro atoms. The molecule has 4 nitrogen and oxygen atoms in total. The zero-order valence-corrected chi connectivity index (χ0v) is 16.3. The van der Waals surface area contributed by atoms with E-state index in [1.807, 2.05) is 55.5 Å². The molecular weight excluding hydrogens is 368 g/mol. The van der Waals surface area contributed by atoms with Gasteiger partial charge in [-0.25, -0.2) is 0 Å². The summed E-state index contributed by atoms with van der Waals surface area (Å²) in [6.45, 7) is 1.87. The van der Waals surface area contributed by atoms with Gasteiger partial charge in [0.25, 0.3) is 5.91 Å². The molecule has 0 fully saturated rings. The van der Waals surface area contributed by atoms with Crippen molar-refractivity contribution in [1.29, 1.82) is 0 Å². The zero-order chi connectivity index (χ0) is 19.5. The molecule has 0 saturated heterocycles. The largest absolute Gasteiger partial charge is 0.324 e. The number of anilines is 2. The summed E-state index contributed by atoms with van der Waals surface area (Å²) >= 11 is 1.50. The van der Waals surface area contributed by atoms with Crippen molar-refractivity contribution in [1.82, 2.24) is 0 Å². The van der Waals surface area contributed by atoms with Crippen molar-refractivity contribution >= 4 is 35.0 Å². The van der Waals surface area contributed by atoms with E-state index in [1.54, 1.807) is 12.1 Å². The highest BCUT2D eigenvalue weighted by atomic mass is 32.2. The third-order valence-electron chi connectivity index (χ3n) is 4.68. The fraction of sp³-hybridized carbons (Fsp3) is 0.130. The van der Waals surface area contributed by atoms with Crippen molar-refractivity contribution in [2.45, 2.75) is 23.5 Å². The summed E-state index contributed by atoms with van der Waals surface area (Å²) in [5.74, 6) is -0.232. The number of carbonyl (C=O) groups excluding carboxylic acids is 2. The Bertz CT molecular complexity index is 1030. The van der Waals surface area contributed by atoms with Crippen LogP contribution in [0.5, 0.6) is 0 Å². The van der Waals surface area contributed by atoms with Gasteiger partial charge in [-0.1, -0.05) is 48.5 Å². The molecule has 5 heteroatoms. The van der Waals surface area contributed by atoms with E-state index < -0.39 is 0 Å². The number of nitrogens with one attached hydrogen (secondary N) is 2. The lowest BCUT2D eigenvalue weighted by molar-refractivity contribution is -0.115. The Hall–Kier alpha value is -3.05. The van der Waals surface area contributed by atoms with Gasteiger partial charge in [0, 0.05) is 16.1 Å². The van der Waals surface area contributed by atoms with Gasteiger partial charge in [0.1, 0.15) is 0 Å². The van der Waals surface area contributed by atoms with Gasteiger partial charge in [-0.05, 0) is 48.7 Å². The van der Waals surface area contributed by atoms with Crippen LogP contribution in [0.15, 0.2) is 77.7 Å². The van der Waals surface area contributed by atoms with Crippen LogP contribution in [0.1, 0.15) is 28.4 Å². The molecule has 0 radical (unpaired) electrons. The number of amides is 2. The van der Waals surface area contributed by atoms with Crippen molar-refractivity contribution in [3.63, 3.8) is 0 Å². The first kappa shape index (κ1) is 18.3. The fourth-order valence-corrected chi connectivity index (χ4v) is 4.09. The minimum absolute atomic E-state index is 0.0386. The van der Waals surface area contributed by atoms with Crippen LogP contribution < -0.4 is 10.6 Å². The zero-order valence-electron chi connectivity index (χ0n) is 15.4. The molecule has 1 atom stereocenters. The molecule has 1 heterocycles. The third-order valence-corrected chi connectivity index (χ3v) is 5.85. The summed E-state index contributed by atoms with van der Waals surface area (Å²) in [7, 11) is 0. The van der Waals surface area contributed by atoms with E-state index in [2.05, 4.69) is 22.8 Å². The molecule has 28 heavy (non-hydrogen) atoms. The fourth-order valence-electron chi connectivity index (χ4n) is 3.16. The van der Waals surface area contributed by atoms with Gasteiger partial charge in [-0.15, -0.1) is 11.8 Å². The summed E-state index contributed by atoms with van der Waals surface area (Å²) in [6, 6.07) is 23.4. The predicted octanol–water partition coefficient (Wildman–Crippen LogP) is 4.96. The second-order valence-electron chi connectivity index (χ2n) is 6.73. The lowest BCUT2D eigenvalue weighted by atomic mass is 10.0. The Labute approximate surface area is 168 Å². The summed E-state index contributed by atoms with van der Waals surface area (Å²) in [5, 5.41) is 5.76. The maximum Gasteiger partial charge on any atom is 0.255 e. The topological polar surface area (TPSA) is 58.2 Å². The molecule has 4 rings (SSSR count). The average molecular weight is 388 g/mol. The van der Waals surface area contributed by atoms with Crippen LogP contribution in [0.4, 0.5) is 11.4 Å². The molecule has 3 aromatic carbocycles. The Morgan fingerprint density at radius 2 is 1.79 bits per heavy atom. The van der Waals surface area contributed by atoms with Gasteiger partial charge >= 0.3 is 0 Å². The minimum atomic E-state index is -0.193. The van der Waals surface area contributed by atoms with Crippen LogP contribution in [-0.2, 0) is 11.2 Å². The molecule has 1 aliphatic rings. The van der Waals surface area contributed by atoms with Crippen LogP contribution in [0.3, 0.4) is 0 Å². The minimum Gasteiger partial charge on any atom is -0.324 e. The first-order chi connectivity index (χ1) is 13.6. The summed E-state index contributed by atoms with van der Waals surface area (Å²) in [4.78, 5) is 25.7. The highest BCUT2D eigenvalue weighted by Gasteiger charge is 2.23. The molecule has 0 aliphatic carbocycles. The molecule has 2 N–H and O–H groups in total. The monoisotopic (exact) mass is 388 g/mol. The van der Waals surface area contributed by atoms with Crippen LogP contribution in [-0.4, -0.2) is 17.1 Å². The van der Waals surface area contributed by atoms with Gasteiger partial charge < -0.3 is 10.6 Å². The highest BCUT2D eigenvalue weighted by Crippen LogP contribution is 2.36. The van der Waals surface area contributed by atoms with Gasteiger partial charge in [-0.3, -0.25) is 9.59 Å². The molecule has 0 aromatic heterocycles. The molecule has 1 unspecified atom stereocenters. The van der Waals surface area contributed by atoms with Crippen LogP contribution in [0, 0.1) is 0 Å². The van der Waals surface area contributed by atoms with Gasteiger partial charge in [0.2, 0.25) is 5.91 Å². The number of hydrogen-bond donors (Lipinski definition) is 2. The number of hydrogen-bond acceptors (Lipinski definition) is 3.